The van der Waals surface area contributed by atoms with E-state index in [1.165, 1.54) is 0 Å². The average Bonchev–Trinajstić information content (AvgIpc) is 2.03. The van der Waals surface area contributed by atoms with Crippen LogP contribution in [0.25, 0.3) is 0 Å². The van der Waals surface area contributed by atoms with Crippen molar-refractivity contribution in [2.75, 3.05) is 6.61 Å². The van der Waals surface area contributed by atoms with Crippen molar-refractivity contribution in [1.82, 2.24) is 0 Å². The number of hydrogen-bond donors (Lipinski definition) is 1. The van der Waals surface area contributed by atoms with Crippen molar-refractivity contribution < 1.29 is 9.53 Å². The van der Waals surface area contributed by atoms with E-state index in [0.29, 0.717) is 11.9 Å². The van der Waals surface area contributed by atoms with Gasteiger partial charge in [0.15, 0.2) is 0 Å². The number of unbranched alkanes of at least 4 members (excludes halogenated alkanes) is 1. The summed E-state index contributed by atoms with van der Waals surface area (Å²) < 4.78 is 4.86. The molecule has 11 heavy (non-hydrogen) atoms. The van der Waals surface area contributed by atoms with Gasteiger partial charge in [-0.15, -0.1) is 0 Å². The molecule has 0 bridgehead atoms. The predicted molar refractivity (Wildman–Crippen MR) is 45.8 cm³/mol. The van der Waals surface area contributed by atoms with Gasteiger partial charge in [-0.25, -0.2) is 0 Å². The molecular weight excluding hydrogens is 209 g/mol. The molecule has 0 saturated heterocycles. The number of carbonyl (C=O) groups is 1. The van der Waals surface area contributed by atoms with E-state index in [1.54, 1.807) is 0 Å². The minimum absolute atomic E-state index is 0.293. The SMILES string of the molecule is CCCCOC(=O)[C@@H](N)C[SeH]. The summed E-state index contributed by atoms with van der Waals surface area (Å²) in [7, 11) is 0. The Morgan fingerprint density at radius 3 is 2.82 bits per heavy atom. The van der Waals surface area contributed by atoms with E-state index in [1.807, 2.05) is 6.92 Å². The molecule has 0 radical (unpaired) electrons. The van der Waals surface area contributed by atoms with Gasteiger partial charge in [0.2, 0.25) is 0 Å². The van der Waals surface area contributed by atoms with Crippen LogP contribution in [0.2, 0.25) is 5.32 Å². The molecule has 0 aliphatic rings. The van der Waals surface area contributed by atoms with E-state index in [4.69, 9.17) is 10.5 Å². The summed E-state index contributed by atoms with van der Waals surface area (Å²) in [5.74, 6) is -0.293. The molecule has 0 rings (SSSR count). The Kier molecular flexibility index (Phi) is 6.62. The summed E-state index contributed by atoms with van der Waals surface area (Å²) in [4.78, 5) is 10.9. The zero-order valence-corrected chi connectivity index (χ0v) is 8.62. The standard InChI is InChI=1S/C7H15NO2Se/c1-2-3-4-10-7(9)6(8)5-11/h6,11H,2-5,8H2,1H3/t6-/m0/s1. The summed E-state index contributed by atoms with van der Waals surface area (Å²) in [5, 5.41) is 0.581. The molecule has 0 saturated carbocycles. The molecule has 3 nitrogen and oxygen atoms in total. The molecule has 4 heteroatoms. The van der Waals surface area contributed by atoms with Crippen LogP contribution >= 0.6 is 0 Å². The monoisotopic (exact) mass is 225 g/mol. The summed E-state index contributed by atoms with van der Waals surface area (Å²) >= 11 is 2.28. The van der Waals surface area contributed by atoms with Crippen molar-refractivity contribution in [1.29, 1.82) is 0 Å². The quantitative estimate of drug-likeness (QED) is 0.405. The van der Waals surface area contributed by atoms with Gasteiger partial charge >= 0.3 is 75.0 Å². The maximum atomic E-state index is 10.9. The molecule has 0 unspecified atom stereocenters. The Bertz CT molecular complexity index is 119. The van der Waals surface area contributed by atoms with Crippen molar-refractivity contribution in [3.63, 3.8) is 0 Å². The molecule has 2 N–H and O–H groups in total. The second-order valence-electron chi connectivity index (χ2n) is 2.31. The number of ether oxygens (including phenoxy) is 1. The Labute approximate surface area is 75.5 Å². The molecule has 66 valence electrons. The number of esters is 1. The van der Waals surface area contributed by atoms with Crippen molar-refractivity contribution in [2.45, 2.75) is 31.1 Å². The Morgan fingerprint density at radius 1 is 1.73 bits per heavy atom. The number of rotatable bonds is 5. The third-order valence-electron chi connectivity index (χ3n) is 1.24. The van der Waals surface area contributed by atoms with Gasteiger partial charge in [-0.3, -0.25) is 0 Å². The molecule has 0 heterocycles. The van der Waals surface area contributed by atoms with Crippen molar-refractivity contribution >= 4 is 22.0 Å². The third kappa shape index (κ3) is 5.24. The first kappa shape index (κ1) is 10.9. The molecule has 0 spiro atoms. The summed E-state index contributed by atoms with van der Waals surface area (Å²) in [6.45, 7) is 2.54. The molecule has 0 aliphatic heterocycles. The first-order valence-electron chi connectivity index (χ1n) is 3.75. The van der Waals surface area contributed by atoms with Crippen LogP contribution < -0.4 is 5.73 Å². The first-order valence-corrected chi connectivity index (χ1v) is 5.08. The fourth-order valence-electron chi connectivity index (χ4n) is 0.499. The van der Waals surface area contributed by atoms with Crippen LogP contribution in [0.5, 0.6) is 0 Å². The van der Waals surface area contributed by atoms with Crippen LogP contribution in [0.3, 0.4) is 0 Å². The maximum absolute atomic E-state index is 10.9. The van der Waals surface area contributed by atoms with Crippen LogP contribution in [-0.2, 0) is 9.53 Å². The van der Waals surface area contributed by atoms with Crippen LogP contribution in [-0.4, -0.2) is 34.6 Å². The van der Waals surface area contributed by atoms with Crippen LogP contribution in [0.4, 0.5) is 0 Å². The van der Waals surface area contributed by atoms with Gasteiger partial charge in [-0.05, 0) is 0 Å². The number of nitrogens with two attached hydrogens (primary N) is 1. The molecule has 0 aromatic rings. The van der Waals surface area contributed by atoms with Crippen molar-refractivity contribution in [3.8, 4) is 0 Å². The fourth-order valence-corrected chi connectivity index (χ4v) is 0.811. The topological polar surface area (TPSA) is 52.3 Å². The van der Waals surface area contributed by atoms with Gasteiger partial charge in [0.05, 0.1) is 0 Å². The predicted octanol–water partition coefficient (Wildman–Crippen LogP) is -0.0239. The normalized spacial score (nSPS) is 12.6. The summed E-state index contributed by atoms with van der Waals surface area (Å²) in [6.07, 6.45) is 1.95. The third-order valence-corrected chi connectivity index (χ3v) is 2.07. The second-order valence-corrected chi connectivity index (χ2v) is 3.08. The second kappa shape index (κ2) is 6.65. The van der Waals surface area contributed by atoms with Gasteiger partial charge in [-0.2, -0.15) is 0 Å². The van der Waals surface area contributed by atoms with Crippen LogP contribution in [0.1, 0.15) is 19.8 Å². The van der Waals surface area contributed by atoms with Gasteiger partial charge < -0.3 is 0 Å². The van der Waals surface area contributed by atoms with Gasteiger partial charge in [0, 0.05) is 0 Å². The van der Waals surface area contributed by atoms with Crippen molar-refractivity contribution in [2.24, 2.45) is 5.73 Å². The minimum atomic E-state index is -0.466. The van der Waals surface area contributed by atoms with E-state index < -0.39 is 6.04 Å². The fraction of sp³-hybridized carbons (Fsp3) is 0.857. The molecular formula is C7H15NO2Se. The molecule has 1 atom stereocenters. The average molecular weight is 224 g/mol. The zero-order valence-electron chi connectivity index (χ0n) is 6.75. The van der Waals surface area contributed by atoms with Crippen molar-refractivity contribution in [3.05, 3.63) is 0 Å². The molecule has 0 amide bonds. The Morgan fingerprint density at radius 2 is 2.36 bits per heavy atom. The van der Waals surface area contributed by atoms with E-state index in [2.05, 4.69) is 16.0 Å². The molecule has 0 fully saturated rings. The van der Waals surface area contributed by atoms with E-state index in [0.717, 1.165) is 12.8 Å². The van der Waals surface area contributed by atoms with Crippen LogP contribution in [0, 0.1) is 0 Å². The summed E-state index contributed by atoms with van der Waals surface area (Å²) in [6, 6.07) is -0.466. The van der Waals surface area contributed by atoms with E-state index in [-0.39, 0.29) is 5.97 Å². The zero-order chi connectivity index (χ0) is 8.69. The Balaban J connectivity index is 3.36. The Hall–Kier alpha value is -0.0505. The van der Waals surface area contributed by atoms with Crippen LogP contribution in [0.15, 0.2) is 0 Å². The molecule has 0 aliphatic carbocycles. The van der Waals surface area contributed by atoms with Gasteiger partial charge in [0.1, 0.15) is 0 Å². The molecule has 0 aromatic carbocycles. The van der Waals surface area contributed by atoms with E-state index in [9.17, 15) is 4.79 Å². The van der Waals surface area contributed by atoms with E-state index >= 15 is 0 Å². The first-order chi connectivity index (χ1) is 5.22. The van der Waals surface area contributed by atoms with Gasteiger partial charge in [0.25, 0.3) is 0 Å². The number of carbonyl (C=O) groups excluding carboxylic acids is 1. The summed E-state index contributed by atoms with van der Waals surface area (Å²) in [5.41, 5.74) is 5.41. The number of hydrogen-bond acceptors (Lipinski definition) is 3. The molecule has 0 aromatic heterocycles. The van der Waals surface area contributed by atoms with Gasteiger partial charge in [-0.1, -0.05) is 0 Å².